The summed E-state index contributed by atoms with van der Waals surface area (Å²) in [6, 6.07) is 4.73. The third-order valence-corrected chi connectivity index (χ3v) is 4.42. The molecular weight excluding hydrogens is 296 g/mol. The number of para-hydroxylation sites is 1. The molecule has 0 aliphatic carbocycles. The Morgan fingerprint density at radius 2 is 2.19 bits per heavy atom. The van der Waals surface area contributed by atoms with Gasteiger partial charge in [0.1, 0.15) is 11.1 Å². The maximum Gasteiger partial charge on any atom is 0.329 e. The summed E-state index contributed by atoms with van der Waals surface area (Å²) in [5.74, 6) is 0.215. The van der Waals surface area contributed by atoms with Crippen molar-refractivity contribution in [2.75, 3.05) is 19.7 Å². The Morgan fingerprint density at radius 1 is 1.43 bits per heavy atom. The summed E-state index contributed by atoms with van der Waals surface area (Å²) in [6.45, 7) is 2.33. The molecule has 1 unspecified atom stereocenters. The molecule has 2 aliphatic rings. The minimum Gasteiger partial charge on any atom is -0.481 e. The minimum absolute atomic E-state index is 0.0907. The van der Waals surface area contributed by atoms with Gasteiger partial charge in [0.15, 0.2) is 5.75 Å². The summed E-state index contributed by atoms with van der Waals surface area (Å²) < 4.78 is 11.7. The van der Waals surface area contributed by atoms with Gasteiger partial charge in [-0.15, -0.1) is 0 Å². The van der Waals surface area contributed by atoms with E-state index >= 15 is 0 Å². The number of halogens is 1. The lowest BCUT2D eigenvalue weighted by Gasteiger charge is -2.32. The number of rotatable bonds is 3. The van der Waals surface area contributed by atoms with Crippen LogP contribution in [0.3, 0.4) is 0 Å². The maximum absolute atomic E-state index is 11.1. The highest BCUT2D eigenvalue weighted by molar-refractivity contribution is 6.32. The molecule has 0 bridgehead atoms. The molecular formula is C14H17ClN2O4. The highest BCUT2D eigenvalue weighted by Gasteiger charge is 2.42. The van der Waals surface area contributed by atoms with Crippen LogP contribution in [0.25, 0.3) is 0 Å². The Morgan fingerprint density at radius 3 is 2.90 bits per heavy atom. The fraction of sp³-hybridized carbons (Fsp3) is 0.571. The topological polar surface area (TPSA) is 73.6 Å². The summed E-state index contributed by atoms with van der Waals surface area (Å²) in [5.41, 5.74) is -0.311. The first kappa shape index (κ1) is 14.6. The summed E-state index contributed by atoms with van der Waals surface area (Å²) in [7, 11) is 0. The molecule has 114 valence electrons. The van der Waals surface area contributed by atoms with E-state index in [2.05, 4.69) is 5.32 Å². The normalized spacial score (nSPS) is 24.1. The van der Waals surface area contributed by atoms with Gasteiger partial charge in [0, 0.05) is 6.42 Å². The number of benzene rings is 1. The van der Waals surface area contributed by atoms with Crippen LogP contribution in [0.4, 0.5) is 5.69 Å². The van der Waals surface area contributed by atoms with Crippen molar-refractivity contribution in [3.8, 4) is 5.75 Å². The van der Waals surface area contributed by atoms with Crippen LogP contribution >= 0.6 is 11.6 Å². The first-order chi connectivity index (χ1) is 10.1. The maximum atomic E-state index is 11.1. The zero-order chi connectivity index (χ0) is 14.9. The Hall–Kier alpha value is -1.37. The molecule has 0 radical (unpaired) electrons. The van der Waals surface area contributed by atoms with Gasteiger partial charge < -0.3 is 14.8 Å². The summed E-state index contributed by atoms with van der Waals surface area (Å²) >= 11 is 5.89. The highest BCUT2D eigenvalue weighted by atomic mass is 35.5. The average molecular weight is 313 g/mol. The van der Waals surface area contributed by atoms with E-state index in [4.69, 9.17) is 21.1 Å². The average Bonchev–Trinajstić information content (AvgIpc) is 2.82. The van der Waals surface area contributed by atoms with Gasteiger partial charge in [0.05, 0.1) is 17.1 Å². The molecule has 1 aromatic carbocycles. The van der Waals surface area contributed by atoms with E-state index in [-0.39, 0.29) is 28.2 Å². The van der Waals surface area contributed by atoms with E-state index in [1.807, 2.05) is 0 Å². The van der Waals surface area contributed by atoms with E-state index in [0.717, 1.165) is 32.4 Å². The first-order valence-corrected chi connectivity index (χ1v) is 7.42. The number of nitrogens with zero attached hydrogens (tertiary/aromatic N) is 1. The van der Waals surface area contributed by atoms with Crippen molar-refractivity contribution in [2.24, 2.45) is 0 Å². The molecule has 1 N–H and O–H groups in total. The molecule has 1 atom stereocenters. The van der Waals surface area contributed by atoms with Gasteiger partial charge in [0.25, 0.3) is 0 Å². The lowest BCUT2D eigenvalue weighted by atomic mass is 9.89. The molecule has 2 aliphatic heterocycles. The van der Waals surface area contributed by atoms with E-state index in [9.17, 15) is 10.1 Å². The predicted octanol–water partition coefficient (Wildman–Crippen LogP) is 2.54. The summed E-state index contributed by atoms with van der Waals surface area (Å²) in [5, 5.41) is 14.5. The minimum atomic E-state index is -0.506. The van der Waals surface area contributed by atoms with Crippen LogP contribution in [0, 0.1) is 10.1 Å². The Kier molecular flexibility index (Phi) is 4.01. The van der Waals surface area contributed by atoms with Crippen molar-refractivity contribution in [3.05, 3.63) is 33.3 Å². The van der Waals surface area contributed by atoms with Crippen LogP contribution in [0.5, 0.6) is 5.75 Å². The molecule has 21 heavy (non-hydrogen) atoms. The molecule has 1 spiro atoms. The van der Waals surface area contributed by atoms with Crippen molar-refractivity contribution in [1.82, 2.24) is 5.32 Å². The van der Waals surface area contributed by atoms with Crippen molar-refractivity contribution >= 4 is 17.3 Å². The van der Waals surface area contributed by atoms with Gasteiger partial charge in [-0.25, -0.2) is 0 Å². The fourth-order valence-electron chi connectivity index (χ4n) is 3.06. The summed E-state index contributed by atoms with van der Waals surface area (Å²) in [4.78, 5) is 10.6. The van der Waals surface area contributed by atoms with Crippen LogP contribution < -0.4 is 10.1 Å². The molecule has 2 heterocycles. The van der Waals surface area contributed by atoms with Crippen molar-refractivity contribution in [1.29, 1.82) is 0 Å². The van der Waals surface area contributed by atoms with Gasteiger partial charge in [-0.1, -0.05) is 17.7 Å². The monoisotopic (exact) mass is 312 g/mol. The number of hydrogen-bond acceptors (Lipinski definition) is 5. The fourth-order valence-corrected chi connectivity index (χ4v) is 3.29. The number of piperidine rings is 1. The van der Waals surface area contributed by atoms with E-state index in [1.165, 1.54) is 6.07 Å². The smallest absolute Gasteiger partial charge is 0.329 e. The zero-order valence-electron chi connectivity index (χ0n) is 11.5. The predicted molar refractivity (Wildman–Crippen MR) is 77.9 cm³/mol. The lowest BCUT2D eigenvalue weighted by molar-refractivity contribution is -0.385. The van der Waals surface area contributed by atoms with Gasteiger partial charge >= 0.3 is 5.69 Å². The first-order valence-electron chi connectivity index (χ1n) is 7.04. The van der Waals surface area contributed by atoms with E-state index in [0.29, 0.717) is 6.61 Å². The van der Waals surface area contributed by atoms with Crippen molar-refractivity contribution in [2.45, 2.75) is 31.0 Å². The molecule has 0 saturated carbocycles. The molecule has 2 saturated heterocycles. The highest BCUT2D eigenvalue weighted by Crippen LogP contribution is 2.39. The summed E-state index contributed by atoms with van der Waals surface area (Å²) in [6.07, 6.45) is 2.49. The van der Waals surface area contributed by atoms with Gasteiger partial charge in [-0.2, -0.15) is 0 Å². The number of hydrogen-bond donors (Lipinski definition) is 1. The number of nitro benzene ring substituents is 1. The largest absolute Gasteiger partial charge is 0.481 e. The second-order valence-electron chi connectivity index (χ2n) is 5.53. The van der Waals surface area contributed by atoms with Crippen LogP contribution in [0.2, 0.25) is 5.02 Å². The van der Waals surface area contributed by atoms with Gasteiger partial charge in [-0.3, -0.25) is 10.1 Å². The van der Waals surface area contributed by atoms with Crippen LogP contribution in [-0.4, -0.2) is 36.3 Å². The van der Waals surface area contributed by atoms with Crippen LogP contribution in [0.1, 0.15) is 19.3 Å². The second-order valence-corrected chi connectivity index (χ2v) is 5.94. The third-order valence-electron chi connectivity index (χ3n) is 4.12. The standard InChI is InChI=1S/C14H17ClN2O4/c15-11-2-1-3-12(13(11)17(18)19)21-10-8-14(20-9-10)4-6-16-7-5-14/h1-3,10,16H,4-9H2. The molecule has 0 aromatic heterocycles. The molecule has 1 aromatic rings. The third kappa shape index (κ3) is 2.97. The number of ether oxygens (including phenoxy) is 2. The second kappa shape index (κ2) is 5.79. The van der Waals surface area contributed by atoms with Crippen molar-refractivity contribution in [3.63, 3.8) is 0 Å². The zero-order valence-corrected chi connectivity index (χ0v) is 12.3. The Balaban J connectivity index is 1.73. The van der Waals surface area contributed by atoms with Gasteiger partial charge in [0.2, 0.25) is 0 Å². The number of nitro groups is 1. The van der Waals surface area contributed by atoms with E-state index < -0.39 is 4.92 Å². The molecule has 7 heteroatoms. The number of nitrogens with one attached hydrogen (secondary N) is 1. The van der Waals surface area contributed by atoms with E-state index in [1.54, 1.807) is 12.1 Å². The quantitative estimate of drug-likeness (QED) is 0.686. The molecule has 0 amide bonds. The Bertz CT molecular complexity index is 546. The van der Waals surface area contributed by atoms with Crippen LogP contribution in [-0.2, 0) is 4.74 Å². The SMILES string of the molecule is O=[N+]([O-])c1c(Cl)cccc1OC1COC2(CCNCC2)C1. The van der Waals surface area contributed by atoms with Crippen molar-refractivity contribution < 1.29 is 14.4 Å². The molecule has 6 nitrogen and oxygen atoms in total. The molecule has 2 fully saturated rings. The van der Waals surface area contributed by atoms with Crippen LogP contribution in [0.15, 0.2) is 18.2 Å². The lowest BCUT2D eigenvalue weighted by Crippen LogP contribution is -2.41. The Labute approximate surface area is 127 Å². The molecule has 3 rings (SSSR count). The van der Waals surface area contributed by atoms with Gasteiger partial charge in [-0.05, 0) is 38.1 Å².